The van der Waals surface area contributed by atoms with Crippen LogP contribution in [0.5, 0.6) is 0 Å². The van der Waals surface area contributed by atoms with Crippen molar-refractivity contribution in [1.29, 1.82) is 0 Å². The van der Waals surface area contributed by atoms with Crippen molar-refractivity contribution in [2.75, 3.05) is 19.5 Å². The third-order valence-corrected chi connectivity index (χ3v) is 4.21. The van der Waals surface area contributed by atoms with E-state index < -0.39 is 11.9 Å². The number of carbonyl (C=O) groups excluding carboxylic acids is 3. The number of hydrogen-bond donors (Lipinski definition) is 1. The number of benzene rings is 1. The minimum atomic E-state index is -0.489. The standard InChI is InChI=1S/C17H16N2O5S/c1-10-14(16(22)24-3)25-17(18-10)19-13(20)9-6-11-4-7-12(8-5-11)15(21)23-2/h4-9H,1-3H3,(H,18,19,20)/b9-6+. The highest BCUT2D eigenvalue weighted by Gasteiger charge is 2.16. The van der Waals surface area contributed by atoms with Crippen molar-refractivity contribution < 1.29 is 23.9 Å². The average Bonchev–Trinajstić information content (AvgIpc) is 2.99. The van der Waals surface area contributed by atoms with E-state index in [-0.39, 0.29) is 5.91 Å². The molecule has 2 rings (SSSR count). The smallest absolute Gasteiger partial charge is 0.350 e. The van der Waals surface area contributed by atoms with Crippen LogP contribution in [0.1, 0.15) is 31.3 Å². The molecule has 0 aliphatic carbocycles. The SMILES string of the molecule is COC(=O)c1ccc(/C=C/C(=O)Nc2nc(C)c(C(=O)OC)s2)cc1. The Morgan fingerprint density at radius 3 is 2.32 bits per heavy atom. The topological polar surface area (TPSA) is 94.6 Å². The molecule has 0 spiro atoms. The zero-order valence-corrected chi connectivity index (χ0v) is 14.7. The van der Waals surface area contributed by atoms with Gasteiger partial charge in [-0.05, 0) is 30.7 Å². The van der Waals surface area contributed by atoms with Gasteiger partial charge in [-0.1, -0.05) is 23.5 Å². The van der Waals surface area contributed by atoms with E-state index in [2.05, 4.69) is 19.8 Å². The lowest BCUT2D eigenvalue weighted by Gasteiger charge is -1.99. The first-order valence-electron chi connectivity index (χ1n) is 7.17. The van der Waals surface area contributed by atoms with Crippen LogP contribution in [-0.4, -0.2) is 37.0 Å². The molecule has 8 heteroatoms. The molecule has 130 valence electrons. The van der Waals surface area contributed by atoms with Gasteiger partial charge in [0.1, 0.15) is 4.88 Å². The maximum Gasteiger partial charge on any atom is 0.350 e. The molecule has 0 aliphatic rings. The molecule has 0 atom stereocenters. The summed E-state index contributed by atoms with van der Waals surface area (Å²) in [6.07, 6.45) is 2.93. The Morgan fingerprint density at radius 2 is 1.72 bits per heavy atom. The molecule has 0 radical (unpaired) electrons. The fraction of sp³-hybridized carbons (Fsp3) is 0.176. The van der Waals surface area contributed by atoms with E-state index in [1.54, 1.807) is 37.3 Å². The third-order valence-electron chi connectivity index (χ3n) is 3.16. The second kappa shape index (κ2) is 8.20. The molecule has 25 heavy (non-hydrogen) atoms. The lowest BCUT2D eigenvalue weighted by atomic mass is 10.1. The van der Waals surface area contributed by atoms with Crippen LogP contribution in [0.4, 0.5) is 5.13 Å². The Hall–Kier alpha value is -3.00. The van der Waals surface area contributed by atoms with Gasteiger partial charge in [-0.25, -0.2) is 14.6 Å². The van der Waals surface area contributed by atoms with Crippen molar-refractivity contribution >= 4 is 40.4 Å². The van der Waals surface area contributed by atoms with Crippen molar-refractivity contribution in [3.8, 4) is 0 Å². The number of esters is 2. The van der Waals surface area contributed by atoms with Crippen molar-refractivity contribution in [3.05, 3.63) is 52.0 Å². The maximum atomic E-state index is 11.9. The van der Waals surface area contributed by atoms with Crippen molar-refractivity contribution in [2.24, 2.45) is 0 Å². The molecule has 0 unspecified atom stereocenters. The molecule has 1 aromatic carbocycles. The van der Waals surface area contributed by atoms with Gasteiger partial charge in [0.25, 0.3) is 0 Å². The molecular weight excluding hydrogens is 344 g/mol. The summed E-state index contributed by atoms with van der Waals surface area (Å²) in [6, 6.07) is 6.60. The molecule has 0 aliphatic heterocycles. The second-order valence-corrected chi connectivity index (χ2v) is 5.86. The van der Waals surface area contributed by atoms with Crippen LogP contribution >= 0.6 is 11.3 Å². The van der Waals surface area contributed by atoms with Crippen LogP contribution in [0.25, 0.3) is 6.08 Å². The minimum absolute atomic E-state index is 0.314. The second-order valence-electron chi connectivity index (χ2n) is 4.86. The molecule has 0 saturated carbocycles. The van der Waals surface area contributed by atoms with Gasteiger partial charge in [-0.3, -0.25) is 10.1 Å². The van der Waals surface area contributed by atoms with Crippen LogP contribution in [0.3, 0.4) is 0 Å². The molecule has 7 nitrogen and oxygen atoms in total. The number of thiazole rings is 1. The largest absolute Gasteiger partial charge is 0.465 e. The molecule has 1 N–H and O–H groups in total. The van der Waals surface area contributed by atoms with Crippen LogP contribution in [0.2, 0.25) is 0 Å². The monoisotopic (exact) mass is 360 g/mol. The summed E-state index contributed by atoms with van der Waals surface area (Å²) in [7, 11) is 2.60. The number of anilines is 1. The molecule has 0 fully saturated rings. The fourth-order valence-corrected chi connectivity index (χ4v) is 2.79. The fourth-order valence-electron chi connectivity index (χ4n) is 1.90. The summed E-state index contributed by atoms with van der Waals surface area (Å²) >= 11 is 1.05. The Kier molecular flexibility index (Phi) is 6.02. The van der Waals surface area contributed by atoms with Crippen molar-refractivity contribution in [1.82, 2.24) is 4.98 Å². The average molecular weight is 360 g/mol. The zero-order valence-electron chi connectivity index (χ0n) is 13.9. The summed E-state index contributed by atoms with van der Waals surface area (Å²) in [5.41, 5.74) is 1.67. The van der Waals surface area contributed by atoms with Crippen molar-refractivity contribution in [2.45, 2.75) is 6.92 Å². The van der Waals surface area contributed by atoms with E-state index >= 15 is 0 Å². The third kappa shape index (κ3) is 4.74. The summed E-state index contributed by atoms with van der Waals surface area (Å²) in [4.78, 5) is 39.3. The molecule has 1 amide bonds. The predicted octanol–water partition coefficient (Wildman–Crippen LogP) is 2.68. The van der Waals surface area contributed by atoms with Gasteiger partial charge in [0.2, 0.25) is 5.91 Å². The Bertz CT molecular complexity index is 824. The number of aromatic nitrogens is 1. The number of carbonyl (C=O) groups is 3. The molecule has 2 aromatic rings. The van der Waals surface area contributed by atoms with E-state index in [9.17, 15) is 14.4 Å². The molecule has 1 heterocycles. The first kappa shape index (κ1) is 18.3. The van der Waals surface area contributed by atoms with Gasteiger partial charge in [-0.2, -0.15) is 0 Å². The van der Waals surface area contributed by atoms with Gasteiger partial charge in [0.15, 0.2) is 5.13 Å². The van der Waals surface area contributed by atoms with E-state index in [1.807, 2.05) is 0 Å². The zero-order chi connectivity index (χ0) is 18.4. The molecule has 0 bridgehead atoms. The molecule has 0 saturated heterocycles. The van der Waals surface area contributed by atoms with E-state index in [0.29, 0.717) is 21.3 Å². The minimum Gasteiger partial charge on any atom is -0.465 e. The Balaban J connectivity index is 2.01. The number of hydrogen-bond acceptors (Lipinski definition) is 7. The highest BCUT2D eigenvalue weighted by molar-refractivity contribution is 7.17. The summed E-state index contributed by atoms with van der Waals surface area (Å²) in [5, 5.41) is 2.90. The van der Waals surface area contributed by atoms with Crippen molar-refractivity contribution in [3.63, 3.8) is 0 Å². The summed E-state index contributed by atoms with van der Waals surface area (Å²) in [6.45, 7) is 1.66. The van der Waals surface area contributed by atoms with Gasteiger partial charge in [0, 0.05) is 6.08 Å². The van der Waals surface area contributed by atoms with Gasteiger partial charge < -0.3 is 9.47 Å². The molecule has 1 aromatic heterocycles. The number of aryl methyl sites for hydroxylation is 1. The number of nitrogens with zero attached hydrogens (tertiary/aromatic N) is 1. The van der Waals surface area contributed by atoms with Crippen LogP contribution in [0, 0.1) is 6.92 Å². The number of amides is 1. The highest BCUT2D eigenvalue weighted by atomic mass is 32.1. The lowest BCUT2D eigenvalue weighted by Crippen LogP contribution is -2.07. The number of rotatable bonds is 5. The maximum absolute atomic E-state index is 11.9. The number of ether oxygens (including phenoxy) is 2. The highest BCUT2D eigenvalue weighted by Crippen LogP contribution is 2.23. The predicted molar refractivity (Wildman–Crippen MR) is 93.6 cm³/mol. The van der Waals surface area contributed by atoms with Crippen LogP contribution < -0.4 is 5.32 Å². The first-order chi connectivity index (χ1) is 11.9. The summed E-state index contributed by atoms with van der Waals surface area (Å²) in [5.74, 6) is -1.30. The lowest BCUT2D eigenvalue weighted by molar-refractivity contribution is -0.111. The van der Waals surface area contributed by atoms with E-state index in [4.69, 9.17) is 0 Å². The van der Waals surface area contributed by atoms with Gasteiger partial charge in [0.05, 0.1) is 25.5 Å². The van der Waals surface area contributed by atoms with Crippen LogP contribution in [-0.2, 0) is 14.3 Å². The summed E-state index contributed by atoms with van der Waals surface area (Å²) < 4.78 is 9.26. The molecular formula is C17H16N2O5S. The van der Waals surface area contributed by atoms with Crippen LogP contribution in [0.15, 0.2) is 30.3 Å². The Labute approximate surface area is 148 Å². The number of methoxy groups -OCH3 is 2. The van der Waals surface area contributed by atoms with E-state index in [0.717, 1.165) is 16.9 Å². The first-order valence-corrected chi connectivity index (χ1v) is 7.99. The number of nitrogens with one attached hydrogen (secondary N) is 1. The van der Waals surface area contributed by atoms with Gasteiger partial charge >= 0.3 is 11.9 Å². The van der Waals surface area contributed by atoms with E-state index in [1.165, 1.54) is 20.3 Å². The normalized spacial score (nSPS) is 10.5. The Morgan fingerprint density at radius 1 is 1.08 bits per heavy atom. The quantitative estimate of drug-likeness (QED) is 0.651. The van der Waals surface area contributed by atoms with Gasteiger partial charge in [-0.15, -0.1) is 0 Å².